The summed E-state index contributed by atoms with van der Waals surface area (Å²) >= 11 is 0. The maximum absolute atomic E-state index is 14.8. The molecule has 0 bridgehead atoms. The summed E-state index contributed by atoms with van der Waals surface area (Å²) in [4.78, 5) is 59.6. The Kier molecular flexibility index (Phi) is 10.7. The van der Waals surface area contributed by atoms with Gasteiger partial charge in [0.25, 0.3) is 0 Å². The van der Waals surface area contributed by atoms with E-state index in [2.05, 4.69) is 40.0 Å². The van der Waals surface area contributed by atoms with Crippen molar-refractivity contribution in [2.45, 2.75) is 69.4 Å². The lowest BCUT2D eigenvalue weighted by atomic mass is 9.78. The number of benzene rings is 3. The Labute approximate surface area is 339 Å². The molecule has 2 saturated heterocycles. The van der Waals surface area contributed by atoms with Crippen molar-refractivity contribution in [2.75, 3.05) is 23.3 Å². The van der Waals surface area contributed by atoms with Crippen LogP contribution in [0.1, 0.15) is 56.5 Å². The quantitative estimate of drug-likeness (QED) is 0.180. The van der Waals surface area contributed by atoms with Crippen molar-refractivity contribution in [3.8, 4) is 22.8 Å². The highest BCUT2D eigenvalue weighted by molar-refractivity contribution is 6.06. The van der Waals surface area contributed by atoms with Crippen LogP contribution in [0.4, 0.5) is 46.5 Å². The Morgan fingerprint density at radius 1 is 0.836 bits per heavy atom. The molecule has 2 atom stereocenters. The number of nitrogens with zero attached hydrogens (tertiary/aromatic N) is 6. The van der Waals surface area contributed by atoms with Gasteiger partial charge in [-0.25, -0.2) is 8.78 Å². The number of amides is 4. The molecule has 5 aromatic rings. The number of nitrogens with one attached hydrogen (secondary N) is 2. The minimum atomic E-state index is -4.88. The Hall–Kier alpha value is -6.74. The van der Waals surface area contributed by atoms with Crippen LogP contribution in [-0.4, -0.2) is 73.5 Å². The molecule has 61 heavy (non-hydrogen) atoms. The smallest absolute Gasteiger partial charge is 0.352 e. The maximum Gasteiger partial charge on any atom is 0.471 e. The molecule has 3 aromatic carbocycles. The van der Waals surface area contributed by atoms with Crippen LogP contribution in [0.2, 0.25) is 0 Å². The van der Waals surface area contributed by atoms with Crippen LogP contribution < -0.4 is 15.5 Å². The van der Waals surface area contributed by atoms with Gasteiger partial charge in [-0.05, 0) is 81.1 Å². The molecule has 320 valence electrons. The predicted molar refractivity (Wildman–Crippen MR) is 195 cm³/mol. The number of hydrogen-bond acceptors (Lipinski definition) is 10. The minimum absolute atomic E-state index is 0.0417. The van der Waals surface area contributed by atoms with E-state index in [1.165, 1.54) is 29.2 Å². The van der Waals surface area contributed by atoms with Crippen molar-refractivity contribution in [2.24, 2.45) is 0 Å². The second-order valence-electron chi connectivity index (χ2n) is 15.0. The Morgan fingerprint density at radius 2 is 1.48 bits per heavy atom. The van der Waals surface area contributed by atoms with Gasteiger partial charge in [0.1, 0.15) is 23.2 Å². The van der Waals surface area contributed by atoms with Crippen LogP contribution in [0.25, 0.3) is 22.8 Å². The van der Waals surface area contributed by atoms with Gasteiger partial charge in [-0.15, -0.1) is 0 Å². The van der Waals surface area contributed by atoms with Crippen molar-refractivity contribution in [1.29, 1.82) is 0 Å². The lowest BCUT2D eigenvalue weighted by Crippen LogP contribution is -2.66. The fourth-order valence-electron chi connectivity index (χ4n) is 7.27. The highest BCUT2D eigenvalue weighted by Gasteiger charge is 2.47. The monoisotopic (exact) mass is 860 g/mol. The molecule has 22 heteroatoms. The second kappa shape index (κ2) is 15.4. The highest BCUT2D eigenvalue weighted by atomic mass is 19.4. The van der Waals surface area contributed by atoms with E-state index in [1.807, 2.05) is 0 Å². The first-order valence-corrected chi connectivity index (χ1v) is 18.3. The maximum atomic E-state index is 14.8. The number of carbonyl (C=O) groups excluding carboxylic acids is 4. The van der Waals surface area contributed by atoms with Crippen LogP contribution in [-0.2, 0) is 43.4 Å². The number of hydrogen-bond donors (Lipinski definition) is 2. The molecule has 4 amide bonds. The van der Waals surface area contributed by atoms with Crippen LogP contribution in [0.15, 0.2) is 69.7 Å². The Balaban J connectivity index is 0.000000186. The number of fused-ring (bicyclic) bond motifs is 1. The standard InChI is InChI=1S/C20H19F4N5O4.C19H13F4N3O2/c1-19(2)17(32)25-7-8-28(19)16(31)13-5-6-14(30)29(13)10-3-4-11(12(21)9-10)15-26-18(33-27-15)20(22,23)24;1-18(13-8-12(20)6-7-14(13)24-16(18)27)9-10-2-4-11(5-3-10)15-25-17(28-26-15)19(21,22)23/h3-4,9,13H,5-8H2,1-2H3,(H,25,32);2-8H,9H2,1H3,(H,24,27)/t13-;/m0./s1. The normalized spacial score (nSPS) is 19.9. The average molecular weight is 861 g/mol. The van der Waals surface area contributed by atoms with E-state index in [-0.39, 0.29) is 61.2 Å². The zero-order chi connectivity index (χ0) is 44.2. The Bertz CT molecular complexity index is 2540. The molecule has 1 unspecified atom stereocenters. The number of anilines is 2. The van der Waals surface area contributed by atoms with Gasteiger partial charge in [0.2, 0.25) is 35.3 Å². The molecule has 0 radical (unpaired) electrons. The number of aromatic nitrogens is 4. The van der Waals surface area contributed by atoms with E-state index in [4.69, 9.17) is 0 Å². The Morgan fingerprint density at radius 3 is 2.10 bits per heavy atom. The first kappa shape index (κ1) is 42.4. The van der Waals surface area contributed by atoms with Gasteiger partial charge < -0.3 is 24.6 Å². The van der Waals surface area contributed by atoms with E-state index in [9.17, 15) is 54.3 Å². The average Bonchev–Trinajstić information content (AvgIpc) is 4.00. The predicted octanol–water partition coefficient (Wildman–Crippen LogP) is 6.47. The van der Waals surface area contributed by atoms with Crippen molar-refractivity contribution < 1.29 is 63.3 Å². The molecule has 0 spiro atoms. The molecule has 2 fully saturated rings. The molecule has 8 rings (SSSR count). The minimum Gasteiger partial charge on any atom is -0.352 e. The first-order chi connectivity index (χ1) is 28.6. The lowest BCUT2D eigenvalue weighted by Gasteiger charge is -2.43. The first-order valence-electron chi connectivity index (χ1n) is 18.3. The summed E-state index contributed by atoms with van der Waals surface area (Å²) in [6.07, 6.45) is -9.08. The fraction of sp³-hybridized carbons (Fsp3) is 0.333. The second-order valence-corrected chi connectivity index (χ2v) is 15.0. The number of carbonyl (C=O) groups is 4. The van der Waals surface area contributed by atoms with Gasteiger partial charge in [0.15, 0.2) is 0 Å². The van der Waals surface area contributed by atoms with Crippen LogP contribution in [0.3, 0.4) is 0 Å². The molecule has 0 aliphatic carbocycles. The molecule has 2 N–H and O–H groups in total. The van der Waals surface area contributed by atoms with Gasteiger partial charge >= 0.3 is 24.1 Å². The third kappa shape index (κ3) is 8.12. The zero-order valence-electron chi connectivity index (χ0n) is 32.0. The van der Waals surface area contributed by atoms with Gasteiger partial charge in [-0.3, -0.25) is 24.1 Å². The highest BCUT2D eigenvalue weighted by Crippen LogP contribution is 2.41. The number of alkyl halides is 6. The van der Waals surface area contributed by atoms with E-state index in [1.54, 1.807) is 45.0 Å². The molecule has 2 aromatic heterocycles. The number of piperazine rings is 1. The topological polar surface area (TPSA) is 177 Å². The summed E-state index contributed by atoms with van der Waals surface area (Å²) in [6.45, 7) is 5.42. The summed E-state index contributed by atoms with van der Waals surface area (Å²) in [5.41, 5.74) is -0.178. The molecule has 3 aliphatic heterocycles. The van der Waals surface area contributed by atoms with Crippen LogP contribution >= 0.6 is 0 Å². The summed E-state index contributed by atoms with van der Waals surface area (Å²) < 4.78 is 113. The molecule has 14 nitrogen and oxygen atoms in total. The van der Waals surface area contributed by atoms with Crippen molar-refractivity contribution in [1.82, 2.24) is 30.5 Å². The van der Waals surface area contributed by atoms with Gasteiger partial charge in [-0.1, -0.05) is 34.6 Å². The van der Waals surface area contributed by atoms with Crippen molar-refractivity contribution >= 4 is 35.0 Å². The van der Waals surface area contributed by atoms with Gasteiger partial charge in [0, 0.05) is 36.4 Å². The molecule has 3 aliphatic rings. The van der Waals surface area contributed by atoms with Crippen LogP contribution in [0.5, 0.6) is 0 Å². The molecular weight excluding hydrogens is 828 g/mol. The third-order valence-electron chi connectivity index (χ3n) is 10.5. The largest absolute Gasteiger partial charge is 0.471 e. The fourth-order valence-corrected chi connectivity index (χ4v) is 7.27. The number of rotatable bonds is 6. The van der Waals surface area contributed by atoms with Crippen molar-refractivity contribution in [3.63, 3.8) is 0 Å². The molecule has 5 heterocycles. The summed E-state index contributed by atoms with van der Waals surface area (Å²) in [6, 6.07) is 12.9. The lowest BCUT2D eigenvalue weighted by molar-refractivity contribution is -0.160. The van der Waals surface area contributed by atoms with Crippen LogP contribution in [0, 0.1) is 11.6 Å². The van der Waals surface area contributed by atoms with Crippen molar-refractivity contribution in [3.05, 3.63) is 95.2 Å². The number of halogens is 8. The zero-order valence-corrected chi connectivity index (χ0v) is 32.0. The molecule has 0 saturated carbocycles. The SMILES string of the molecule is CC1(C)C(=O)NCCN1C(=O)[C@@H]1CCC(=O)N1c1ccc(-c2noc(C(F)(F)F)n2)c(F)c1.CC1(Cc2ccc(-c3noc(C(F)(F)F)n3)cc2)C(=O)Nc2ccc(F)cc21. The summed E-state index contributed by atoms with van der Waals surface area (Å²) in [5, 5.41) is 11.9. The molecular formula is C39H32F8N8O6. The van der Waals surface area contributed by atoms with Gasteiger partial charge in [-0.2, -0.15) is 36.3 Å². The summed E-state index contributed by atoms with van der Waals surface area (Å²) in [7, 11) is 0. The van der Waals surface area contributed by atoms with E-state index < -0.39 is 70.4 Å². The van der Waals surface area contributed by atoms with E-state index >= 15 is 0 Å². The van der Waals surface area contributed by atoms with E-state index in [0.29, 0.717) is 16.8 Å². The van der Waals surface area contributed by atoms with Gasteiger partial charge in [0.05, 0.1) is 11.0 Å². The third-order valence-corrected chi connectivity index (χ3v) is 10.5. The van der Waals surface area contributed by atoms with E-state index in [0.717, 1.165) is 22.6 Å². The summed E-state index contributed by atoms with van der Waals surface area (Å²) in [5.74, 6) is -6.69.